The molecule has 0 spiro atoms. The molecule has 4 aromatic rings. The molecule has 0 N–H and O–H groups in total. The maximum Gasteiger partial charge on any atom is 0.278 e. The molecule has 6 nitrogen and oxygen atoms in total. The van der Waals surface area contributed by atoms with Crippen LogP contribution in [0.15, 0.2) is 54.6 Å². The third-order valence-corrected chi connectivity index (χ3v) is 6.34. The molecule has 1 saturated heterocycles. The van der Waals surface area contributed by atoms with Gasteiger partial charge in [-0.3, -0.25) is 9.69 Å². The van der Waals surface area contributed by atoms with Crippen molar-refractivity contribution in [2.75, 3.05) is 25.2 Å². The highest BCUT2D eigenvalue weighted by atomic mass is 32.1. The summed E-state index contributed by atoms with van der Waals surface area (Å²) in [7, 11) is 1.63. The number of rotatable bonds is 5. The molecule has 2 aromatic heterocycles. The summed E-state index contributed by atoms with van der Waals surface area (Å²) in [6, 6.07) is 17.2. The molecule has 5 rings (SSSR count). The number of para-hydroxylation sites is 1. The van der Waals surface area contributed by atoms with Gasteiger partial charge in [-0.15, -0.1) is 0 Å². The van der Waals surface area contributed by atoms with E-state index in [-0.39, 0.29) is 12.0 Å². The highest BCUT2D eigenvalue weighted by Gasteiger charge is 2.27. The van der Waals surface area contributed by atoms with Gasteiger partial charge in [0.25, 0.3) is 5.91 Å². The van der Waals surface area contributed by atoms with Crippen LogP contribution in [0.25, 0.3) is 21.1 Å². The van der Waals surface area contributed by atoms with Gasteiger partial charge < -0.3 is 9.47 Å². The first-order valence-electron chi connectivity index (χ1n) is 9.95. The maximum atomic E-state index is 13.5. The van der Waals surface area contributed by atoms with Crippen molar-refractivity contribution in [3.63, 3.8) is 0 Å². The quantitative estimate of drug-likeness (QED) is 0.470. The van der Waals surface area contributed by atoms with Crippen molar-refractivity contribution in [3.05, 3.63) is 60.3 Å². The molecular weight excluding hydrogens is 398 g/mol. The Morgan fingerprint density at radius 1 is 1.17 bits per heavy atom. The van der Waals surface area contributed by atoms with Crippen molar-refractivity contribution in [2.24, 2.45) is 0 Å². The Labute approximate surface area is 178 Å². The van der Waals surface area contributed by atoms with Gasteiger partial charge in [0.1, 0.15) is 11.4 Å². The largest absolute Gasteiger partial charge is 0.497 e. The van der Waals surface area contributed by atoms with E-state index in [0.717, 1.165) is 46.3 Å². The highest BCUT2D eigenvalue weighted by molar-refractivity contribution is 7.22. The van der Waals surface area contributed by atoms with Gasteiger partial charge in [0.05, 0.1) is 35.5 Å². The molecule has 1 atom stereocenters. The van der Waals surface area contributed by atoms with Crippen LogP contribution in [0.3, 0.4) is 0 Å². The van der Waals surface area contributed by atoms with Crippen molar-refractivity contribution in [3.8, 4) is 5.75 Å². The Bertz CT molecular complexity index is 1180. The number of benzene rings is 2. The molecule has 0 saturated carbocycles. The molecule has 1 amide bonds. The fourth-order valence-electron chi connectivity index (χ4n) is 3.70. The summed E-state index contributed by atoms with van der Waals surface area (Å²) < 4.78 is 12.1. The Morgan fingerprint density at radius 2 is 2.07 bits per heavy atom. The van der Waals surface area contributed by atoms with E-state index in [0.29, 0.717) is 17.4 Å². The second-order valence-corrected chi connectivity index (χ2v) is 8.28. The summed E-state index contributed by atoms with van der Waals surface area (Å²) in [4.78, 5) is 24.6. The third-order valence-electron chi connectivity index (χ3n) is 5.28. The van der Waals surface area contributed by atoms with Gasteiger partial charge in [-0.1, -0.05) is 29.5 Å². The SMILES string of the molecule is COc1ccc2nc(C(=O)N(CC3CCCO3)c3nc4ccccc4s3)ccc2c1. The predicted octanol–water partition coefficient (Wildman–Crippen LogP) is 4.68. The predicted molar refractivity (Wildman–Crippen MR) is 119 cm³/mol. The molecule has 152 valence electrons. The molecule has 2 aromatic carbocycles. The van der Waals surface area contributed by atoms with E-state index in [9.17, 15) is 4.79 Å². The second-order valence-electron chi connectivity index (χ2n) is 7.27. The Kier molecular flexibility index (Phi) is 5.06. The van der Waals surface area contributed by atoms with Crippen LogP contribution in [0, 0.1) is 0 Å². The molecule has 0 bridgehead atoms. The summed E-state index contributed by atoms with van der Waals surface area (Å²) in [5, 5.41) is 1.60. The average Bonchev–Trinajstić information content (AvgIpc) is 3.45. The van der Waals surface area contributed by atoms with Crippen molar-refractivity contribution in [2.45, 2.75) is 18.9 Å². The van der Waals surface area contributed by atoms with Crippen LogP contribution in [0.5, 0.6) is 5.75 Å². The summed E-state index contributed by atoms with van der Waals surface area (Å²) in [6.45, 7) is 1.21. The number of hydrogen-bond donors (Lipinski definition) is 0. The number of nitrogens with zero attached hydrogens (tertiary/aromatic N) is 3. The van der Waals surface area contributed by atoms with E-state index in [2.05, 4.69) is 4.98 Å². The van der Waals surface area contributed by atoms with Crippen molar-refractivity contribution < 1.29 is 14.3 Å². The number of anilines is 1. The van der Waals surface area contributed by atoms with E-state index < -0.39 is 0 Å². The topological polar surface area (TPSA) is 64.5 Å². The molecule has 1 aliphatic rings. The van der Waals surface area contributed by atoms with Gasteiger partial charge >= 0.3 is 0 Å². The first kappa shape index (κ1) is 19.0. The molecule has 0 radical (unpaired) electrons. The van der Waals surface area contributed by atoms with Gasteiger partial charge in [-0.05, 0) is 49.2 Å². The lowest BCUT2D eigenvalue weighted by atomic mass is 10.1. The third kappa shape index (κ3) is 3.62. The van der Waals surface area contributed by atoms with Crippen LogP contribution in [0.4, 0.5) is 5.13 Å². The summed E-state index contributed by atoms with van der Waals surface area (Å²) in [5.41, 5.74) is 2.04. The van der Waals surface area contributed by atoms with Gasteiger partial charge in [0, 0.05) is 12.0 Å². The molecule has 1 fully saturated rings. The molecule has 3 heterocycles. The highest BCUT2D eigenvalue weighted by Crippen LogP contribution is 2.31. The summed E-state index contributed by atoms with van der Waals surface area (Å²) in [5.74, 6) is 0.597. The summed E-state index contributed by atoms with van der Waals surface area (Å²) >= 11 is 1.51. The number of amides is 1. The maximum absolute atomic E-state index is 13.5. The fourth-order valence-corrected chi connectivity index (χ4v) is 4.68. The number of thiazole rings is 1. The van der Waals surface area contributed by atoms with E-state index >= 15 is 0 Å². The van der Waals surface area contributed by atoms with Crippen LogP contribution in [0.2, 0.25) is 0 Å². The van der Waals surface area contributed by atoms with Crippen molar-refractivity contribution >= 4 is 43.5 Å². The van der Waals surface area contributed by atoms with E-state index in [1.165, 1.54) is 11.3 Å². The zero-order valence-electron chi connectivity index (χ0n) is 16.6. The Morgan fingerprint density at radius 3 is 2.87 bits per heavy atom. The standard InChI is InChI=1S/C23H21N3O3S/c1-28-16-9-11-18-15(13-16)8-10-20(24-18)22(27)26(14-17-5-4-12-29-17)23-25-19-6-2-3-7-21(19)30-23/h2-3,6-11,13,17H,4-5,12,14H2,1H3. The van der Waals surface area contributed by atoms with Crippen LogP contribution in [-0.2, 0) is 4.74 Å². The minimum Gasteiger partial charge on any atom is -0.497 e. The summed E-state index contributed by atoms with van der Waals surface area (Å²) in [6.07, 6.45) is 1.98. The van der Waals surface area contributed by atoms with Crippen LogP contribution in [0.1, 0.15) is 23.3 Å². The van der Waals surface area contributed by atoms with Crippen LogP contribution >= 0.6 is 11.3 Å². The normalized spacial score (nSPS) is 16.2. The number of carbonyl (C=O) groups excluding carboxylic acids is 1. The molecule has 1 unspecified atom stereocenters. The number of aromatic nitrogens is 2. The van der Waals surface area contributed by atoms with Gasteiger partial charge in [-0.25, -0.2) is 9.97 Å². The number of hydrogen-bond acceptors (Lipinski definition) is 6. The van der Waals surface area contributed by atoms with Gasteiger partial charge in [0.2, 0.25) is 0 Å². The Hall–Kier alpha value is -3.03. The second kappa shape index (κ2) is 8.01. The van der Waals surface area contributed by atoms with Crippen LogP contribution in [-0.4, -0.2) is 42.2 Å². The monoisotopic (exact) mass is 419 g/mol. The molecule has 30 heavy (non-hydrogen) atoms. The minimum atomic E-state index is -0.165. The molecular formula is C23H21N3O3S. The fraction of sp³-hybridized carbons (Fsp3) is 0.261. The zero-order chi connectivity index (χ0) is 20.5. The minimum absolute atomic E-state index is 0.0191. The van der Waals surface area contributed by atoms with E-state index in [1.807, 2.05) is 48.5 Å². The lowest BCUT2D eigenvalue weighted by molar-refractivity contribution is 0.0913. The van der Waals surface area contributed by atoms with Crippen molar-refractivity contribution in [1.29, 1.82) is 0 Å². The molecule has 1 aliphatic heterocycles. The van der Waals surface area contributed by atoms with E-state index in [1.54, 1.807) is 18.1 Å². The van der Waals surface area contributed by atoms with Gasteiger partial charge in [-0.2, -0.15) is 0 Å². The van der Waals surface area contributed by atoms with E-state index in [4.69, 9.17) is 14.5 Å². The molecule has 7 heteroatoms. The van der Waals surface area contributed by atoms with Crippen LogP contribution < -0.4 is 9.64 Å². The first-order valence-corrected chi connectivity index (χ1v) is 10.8. The van der Waals surface area contributed by atoms with Crippen molar-refractivity contribution in [1.82, 2.24) is 9.97 Å². The Balaban J connectivity index is 1.52. The lowest BCUT2D eigenvalue weighted by Gasteiger charge is -2.22. The lowest BCUT2D eigenvalue weighted by Crippen LogP contribution is -2.37. The number of ether oxygens (including phenoxy) is 2. The number of carbonyl (C=O) groups is 1. The number of methoxy groups -OCH3 is 1. The first-order chi connectivity index (χ1) is 14.7. The van der Waals surface area contributed by atoms with Gasteiger partial charge in [0.15, 0.2) is 5.13 Å². The smallest absolute Gasteiger partial charge is 0.278 e. The number of pyridine rings is 1. The number of fused-ring (bicyclic) bond motifs is 2. The molecule has 0 aliphatic carbocycles. The average molecular weight is 420 g/mol. The zero-order valence-corrected chi connectivity index (χ0v) is 17.4.